The Morgan fingerprint density at radius 2 is 1.74 bits per heavy atom. The van der Waals surface area contributed by atoms with Gasteiger partial charge in [-0.1, -0.05) is 29.8 Å². The maximum absolute atomic E-state index is 11.7. The van der Waals surface area contributed by atoms with Gasteiger partial charge in [0.15, 0.2) is 0 Å². The maximum Gasteiger partial charge on any atom is 0.220 e. The summed E-state index contributed by atoms with van der Waals surface area (Å²) in [7, 11) is 0. The molecule has 0 unspecified atom stereocenters. The van der Waals surface area contributed by atoms with Crippen LogP contribution < -0.4 is 5.32 Å². The van der Waals surface area contributed by atoms with E-state index in [1.54, 1.807) is 12.4 Å². The van der Waals surface area contributed by atoms with Crippen molar-refractivity contribution < 1.29 is 4.79 Å². The van der Waals surface area contributed by atoms with Crippen molar-refractivity contribution in [3.05, 3.63) is 65.5 Å². The van der Waals surface area contributed by atoms with Crippen molar-refractivity contribution in [2.45, 2.75) is 26.3 Å². The Morgan fingerprint density at radius 3 is 2.42 bits per heavy atom. The van der Waals surface area contributed by atoms with Crippen LogP contribution in [0.15, 0.2) is 48.8 Å². The Morgan fingerprint density at radius 1 is 1.05 bits per heavy atom. The second-order valence-corrected chi connectivity index (χ2v) is 4.62. The monoisotopic (exact) mass is 254 g/mol. The molecule has 1 heterocycles. The first-order valence-electron chi connectivity index (χ1n) is 6.45. The molecule has 0 fully saturated rings. The van der Waals surface area contributed by atoms with Crippen LogP contribution in [0.2, 0.25) is 0 Å². The lowest BCUT2D eigenvalue weighted by molar-refractivity contribution is -0.121. The van der Waals surface area contributed by atoms with Gasteiger partial charge in [-0.2, -0.15) is 0 Å². The molecule has 2 aromatic rings. The van der Waals surface area contributed by atoms with Crippen molar-refractivity contribution in [2.75, 3.05) is 0 Å². The average Bonchev–Trinajstić information content (AvgIpc) is 2.45. The number of nitrogens with zero attached hydrogens (tertiary/aromatic N) is 1. The van der Waals surface area contributed by atoms with Crippen LogP contribution in [0.1, 0.15) is 23.1 Å². The standard InChI is InChI=1S/C16H18N2O/c1-13-2-4-15(5-3-13)12-18-16(19)7-6-14-8-10-17-11-9-14/h2-5,8-11H,6-7,12H2,1H3,(H,18,19). The highest BCUT2D eigenvalue weighted by Crippen LogP contribution is 2.04. The number of nitrogens with one attached hydrogen (secondary N) is 1. The molecule has 0 saturated carbocycles. The minimum absolute atomic E-state index is 0.0809. The zero-order chi connectivity index (χ0) is 13.5. The van der Waals surface area contributed by atoms with Gasteiger partial charge in [-0.15, -0.1) is 0 Å². The van der Waals surface area contributed by atoms with Gasteiger partial charge in [-0.3, -0.25) is 9.78 Å². The fraction of sp³-hybridized carbons (Fsp3) is 0.250. The minimum Gasteiger partial charge on any atom is -0.352 e. The van der Waals surface area contributed by atoms with Crippen molar-refractivity contribution in [3.8, 4) is 0 Å². The summed E-state index contributed by atoms with van der Waals surface area (Å²) in [5.41, 5.74) is 3.50. The first kappa shape index (κ1) is 13.3. The molecular weight excluding hydrogens is 236 g/mol. The number of carbonyl (C=O) groups excluding carboxylic acids is 1. The molecule has 98 valence electrons. The van der Waals surface area contributed by atoms with Gasteiger partial charge < -0.3 is 5.32 Å². The van der Waals surface area contributed by atoms with E-state index in [1.165, 1.54) is 5.56 Å². The lowest BCUT2D eigenvalue weighted by Crippen LogP contribution is -2.22. The normalized spacial score (nSPS) is 10.2. The third-order valence-corrected chi connectivity index (χ3v) is 3.00. The van der Waals surface area contributed by atoms with Gasteiger partial charge in [0.05, 0.1) is 0 Å². The lowest BCUT2D eigenvalue weighted by atomic mass is 10.1. The van der Waals surface area contributed by atoms with Crippen LogP contribution in [0, 0.1) is 6.92 Å². The number of hydrogen-bond acceptors (Lipinski definition) is 2. The largest absolute Gasteiger partial charge is 0.352 e. The highest BCUT2D eigenvalue weighted by atomic mass is 16.1. The summed E-state index contributed by atoms with van der Waals surface area (Å²) in [6.45, 7) is 2.65. The molecule has 2 rings (SSSR count). The van der Waals surface area contributed by atoms with E-state index in [9.17, 15) is 4.79 Å². The van der Waals surface area contributed by atoms with Gasteiger partial charge in [0, 0.05) is 25.4 Å². The molecule has 0 aliphatic rings. The molecule has 1 N–H and O–H groups in total. The van der Waals surface area contributed by atoms with Crippen LogP contribution in [0.25, 0.3) is 0 Å². The highest BCUT2D eigenvalue weighted by molar-refractivity contribution is 5.76. The molecule has 19 heavy (non-hydrogen) atoms. The van der Waals surface area contributed by atoms with E-state index in [4.69, 9.17) is 0 Å². The predicted molar refractivity (Wildman–Crippen MR) is 75.6 cm³/mol. The molecule has 0 aliphatic heterocycles. The van der Waals surface area contributed by atoms with Crippen molar-refractivity contribution in [3.63, 3.8) is 0 Å². The second kappa shape index (κ2) is 6.69. The maximum atomic E-state index is 11.7. The Balaban J connectivity index is 1.74. The third-order valence-electron chi connectivity index (χ3n) is 3.00. The molecule has 1 amide bonds. The first-order chi connectivity index (χ1) is 9.24. The highest BCUT2D eigenvalue weighted by Gasteiger charge is 2.02. The van der Waals surface area contributed by atoms with Crippen LogP contribution in [0.5, 0.6) is 0 Å². The molecular formula is C16H18N2O. The van der Waals surface area contributed by atoms with Gasteiger partial charge in [0.2, 0.25) is 5.91 Å². The van der Waals surface area contributed by atoms with E-state index in [-0.39, 0.29) is 5.91 Å². The second-order valence-electron chi connectivity index (χ2n) is 4.62. The molecule has 0 aliphatic carbocycles. The van der Waals surface area contributed by atoms with Gasteiger partial charge in [-0.25, -0.2) is 0 Å². The van der Waals surface area contributed by atoms with Crippen LogP contribution in [-0.2, 0) is 17.8 Å². The number of pyridine rings is 1. The fourth-order valence-corrected chi connectivity index (χ4v) is 1.80. The number of amides is 1. The van der Waals surface area contributed by atoms with Gasteiger partial charge in [0.1, 0.15) is 0 Å². The number of rotatable bonds is 5. The van der Waals surface area contributed by atoms with Crippen LogP contribution in [0.4, 0.5) is 0 Å². The van der Waals surface area contributed by atoms with E-state index in [1.807, 2.05) is 24.3 Å². The zero-order valence-corrected chi connectivity index (χ0v) is 11.1. The fourth-order valence-electron chi connectivity index (χ4n) is 1.80. The molecule has 0 radical (unpaired) electrons. The van der Waals surface area contributed by atoms with E-state index in [0.717, 1.165) is 17.5 Å². The molecule has 3 heteroatoms. The van der Waals surface area contributed by atoms with Crippen LogP contribution in [-0.4, -0.2) is 10.9 Å². The van der Waals surface area contributed by atoms with Gasteiger partial charge in [0.25, 0.3) is 0 Å². The first-order valence-corrected chi connectivity index (χ1v) is 6.45. The van der Waals surface area contributed by atoms with Crippen LogP contribution >= 0.6 is 0 Å². The van der Waals surface area contributed by atoms with E-state index >= 15 is 0 Å². The molecule has 1 aromatic heterocycles. The average molecular weight is 254 g/mol. The molecule has 0 bridgehead atoms. The summed E-state index contributed by atoms with van der Waals surface area (Å²) in [5.74, 6) is 0.0809. The molecule has 0 spiro atoms. The van der Waals surface area contributed by atoms with E-state index in [0.29, 0.717) is 13.0 Å². The number of aryl methyl sites for hydroxylation is 2. The number of aromatic nitrogens is 1. The van der Waals surface area contributed by atoms with Gasteiger partial charge in [-0.05, 0) is 36.6 Å². The van der Waals surface area contributed by atoms with E-state index in [2.05, 4.69) is 29.4 Å². The Bertz CT molecular complexity index is 520. The summed E-state index contributed by atoms with van der Waals surface area (Å²) >= 11 is 0. The smallest absolute Gasteiger partial charge is 0.220 e. The molecule has 0 atom stereocenters. The van der Waals surface area contributed by atoms with Crippen molar-refractivity contribution in [1.82, 2.24) is 10.3 Å². The van der Waals surface area contributed by atoms with Crippen LogP contribution in [0.3, 0.4) is 0 Å². The van der Waals surface area contributed by atoms with Crippen molar-refractivity contribution >= 4 is 5.91 Å². The summed E-state index contributed by atoms with van der Waals surface area (Å²) in [4.78, 5) is 15.7. The summed E-state index contributed by atoms with van der Waals surface area (Å²) in [5, 5.41) is 2.93. The van der Waals surface area contributed by atoms with Crippen molar-refractivity contribution in [1.29, 1.82) is 0 Å². The van der Waals surface area contributed by atoms with Crippen molar-refractivity contribution in [2.24, 2.45) is 0 Å². The predicted octanol–water partition coefficient (Wildman–Crippen LogP) is 2.64. The van der Waals surface area contributed by atoms with E-state index < -0.39 is 0 Å². The number of carbonyl (C=O) groups is 1. The molecule has 1 aromatic carbocycles. The molecule has 0 saturated heterocycles. The third kappa shape index (κ3) is 4.54. The number of benzene rings is 1. The lowest BCUT2D eigenvalue weighted by Gasteiger charge is -2.06. The van der Waals surface area contributed by atoms with Gasteiger partial charge >= 0.3 is 0 Å². The number of hydrogen-bond donors (Lipinski definition) is 1. The quantitative estimate of drug-likeness (QED) is 0.891. The Hall–Kier alpha value is -2.16. The zero-order valence-electron chi connectivity index (χ0n) is 11.1. The summed E-state index contributed by atoms with van der Waals surface area (Å²) in [6, 6.07) is 12.1. The Labute approximate surface area is 113 Å². The SMILES string of the molecule is Cc1ccc(CNC(=O)CCc2ccncc2)cc1. The summed E-state index contributed by atoms with van der Waals surface area (Å²) in [6.07, 6.45) is 4.76. The summed E-state index contributed by atoms with van der Waals surface area (Å²) < 4.78 is 0. The molecule has 3 nitrogen and oxygen atoms in total. The Kier molecular flexibility index (Phi) is 4.67. The topological polar surface area (TPSA) is 42.0 Å². The minimum atomic E-state index is 0.0809.